The molecular formula is C13H23N3. The molecule has 0 bridgehead atoms. The van der Waals surface area contributed by atoms with Crippen molar-refractivity contribution >= 4 is 0 Å². The van der Waals surface area contributed by atoms with Crippen LogP contribution in [0, 0.1) is 0 Å². The van der Waals surface area contributed by atoms with Crippen LogP contribution in [0.15, 0.2) is 18.6 Å². The first kappa shape index (κ1) is 13.1. The zero-order valence-corrected chi connectivity index (χ0v) is 10.4. The zero-order chi connectivity index (χ0) is 11.6. The van der Waals surface area contributed by atoms with Crippen molar-refractivity contribution in [3.8, 4) is 0 Å². The molecule has 0 aliphatic carbocycles. The van der Waals surface area contributed by atoms with Crippen molar-refractivity contribution in [2.24, 2.45) is 0 Å². The molecule has 0 aliphatic rings. The normalized spacial score (nSPS) is 12.6. The van der Waals surface area contributed by atoms with Crippen LogP contribution in [0.25, 0.3) is 0 Å². The third kappa shape index (κ3) is 4.71. The summed E-state index contributed by atoms with van der Waals surface area (Å²) < 4.78 is 0. The van der Waals surface area contributed by atoms with Crippen LogP contribution in [0.4, 0.5) is 0 Å². The minimum absolute atomic E-state index is 0.357. The molecule has 0 amide bonds. The Morgan fingerprint density at radius 2 is 2.00 bits per heavy atom. The van der Waals surface area contributed by atoms with E-state index in [1.165, 1.54) is 32.1 Å². The van der Waals surface area contributed by atoms with Gasteiger partial charge in [-0.3, -0.25) is 9.97 Å². The summed E-state index contributed by atoms with van der Waals surface area (Å²) >= 11 is 0. The molecule has 0 fully saturated rings. The van der Waals surface area contributed by atoms with Crippen molar-refractivity contribution in [2.45, 2.75) is 51.5 Å². The van der Waals surface area contributed by atoms with Crippen LogP contribution in [-0.2, 0) is 0 Å². The minimum Gasteiger partial charge on any atom is -0.312 e. The Morgan fingerprint density at radius 3 is 2.62 bits per heavy atom. The van der Waals surface area contributed by atoms with Crippen LogP contribution in [0.3, 0.4) is 0 Å². The Balaban J connectivity index is 2.27. The number of hydrogen-bond donors (Lipinski definition) is 1. The molecule has 0 saturated heterocycles. The molecular weight excluding hydrogens is 198 g/mol. The second kappa shape index (κ2) is 8.22. The molecule has 0 radical (unpaired) electrons. The molecule has 0 saturated carbocycles. The molecule has 1 aromatic heterocycles. The van der Waals surface area contributed by atoms with Gasteiger partial charge in [0.25, 0.3) is 0 Å². The molecule has 0 aromatic carbocycles. The van der Waals surface area contributed by atoms with Crippen LogP contribution >= 0.6 is 0 Å². The Hall–Kier alpha value is -0.960. The highest BCUT2D eigenvalue weighted by Crippen LogP contribution is 2.17. The zero-order valence-electron chi connectivity index (χ0n) is 10.4. The van der Waals surface area contributed by atoms with Gasteiger partial charge in [0.15, 0.2) is 0 Å². The lowest BCUT2D eigenvalue weighted by Gasteiger charge is -2.14. The molecule has 90 valence electrons. The van der Waals surface area contributed by atoms with E-state index in [-0.39, 0.29) is 0 Å². The summed E-state index contributed by atoms with van der Waals surface area (Å²) in [6, 6.07) is 0.357. The summed E-state index contributed by atoms with van der Waals surface area (Å²) in [5, 5.41) is 3.31. The lowest BCUT2D eigenvalue weighted by molar-refractivity contribution is 0.490. The van der Waals surface area contributed by atoms with Gasteiger partial charge in [0, 0.05) is 18.6 Å². The van der Waals surface area contributed by atoms with E-state index >= 15 is 0 Å². The summed E-state index contributed by atoms with van der Waals surface area (Å²) in [7, 11) is 1.99. The van der Waals surface area contributed by atoms with E-state index in [2.05, 4.69) is 22.2 Å². The van der Waals surface area contributed by atoms with Gasteiger partial charge in [0.2, 0.25) is 0 Å². The third-order valence-electron chi connectivity index (χ3n) is 2.88. The standard InChI is InChI=1S/C13H23N3/c1-3-4-5-6-7-8-12(14-2)13-11-15-9-10-16-13/h9-12,14H,3-8H2,1-2H3. The molecule has 1 heterocycles. The van der Waals surface area contributed by atoms with E-state index in [1.54, 1.807) is 12.4 Å². The second-order valence-corrected chi connectivity index (χ2v) is 4.17. The van der Waals surface area contributed by atoms with E-state index in [9.17, 15) is 0 Å². The number of hydrogen-bond acceptors (Lipinski definition) is 3. The van der Waals surface area contributed by atoms with Gasteiger partial charge in [0.1, 0.15) is 0 Å². The topological polar surface area (TPSA) is 37.8 Å². The van der Waals surface area contributed by atoms with E-state index in [4.69, 9.17) is 0 Å². The summed E-state index contributed by atoms with van der Waals surface area (Å²) in [6.45, 7) is 2.25. The highest BCUT2D eigenvalue weighted by Gasteiger charge is 2.09. The first-order valence-corrected chi connectivity index (χ1v) is 6.31. The van der Waals surface area contributed by atoms with E-state index in [0.717, 1.165) is 12.1 Å². The number of unbranched alkanes of at least 4 members (excludes halogenated alkanes) is 4. The van der Waals surface area contributed by atoms with Crippen molar-refractivity contribution in [1.82, 2.24) is 15.3 Å². The van der Waals surface area contributed by atoms with Crippen molar-refractivity contribution in [2.75, 3.05) is 7.05 Å². The second-order valence-electron chi connectivity index (χ2n) is 4.17. The van der Waals surface area contributed by atoms with Gasteiger partial charge in [-0.25, -0.2) is 0 Å². The Bertz CT molecular complexity index is 261. The van der Waals surface area contributed by atoms with Gasteiger partial charge in [-0.2, -0.15) is 0 Å². The maximum atomic E-state index is 4.34. The lowest BCUT2D eigenvalue weighted by atomic mass is 10.0. The summed E-state index contributed by atoms with van der Waals surface area (Å²) in [5.41, 5.74) is 1.06. The molecule has 3 heteroatoms. The van der Waals surface area contributed by atoms with Gasteiger partial charge < -0.3 is 5.32 Å². The van der Waals surface area contributed by atoms with Crippen LogP contribution < -0.4 is 5.32 Å². The molecule has 1 atom stereocenters. The van der Waals surface area contributed by atoms with E-state index in [1.807, 2.05) is 13.2 Å². The van der Waals surface area contributed by atoms with Gasteiger partial charge in [-0.15, -0.1) is 0 Å². The monoisotopic (exact) mass is 221 g/mol. The minimum atomic E-state index is 0.357. The predicted molar refractivity (Wildman–Crippen MR) is 67.2 cm³/mol. The number of rotatable bonds is 8. The Labute approximate surface area is 98.7 Å². The van der Waals surface area contributed by atoms with Crippen LogP contribution in [0.5, 0.6) is 0 Å². The fraction of sp³-hybridized carbons (Fsp3) is 0.692. The largest absolute Gasteiger partial charge is 0.312 e. The smallest absolute Gasteiger partial charge is 0.0755 e. The quantitative estimate of drug-likeness (QED) is 0.685. The Kier molecular flexibility index (Phi) is 6.74. The maximum Gasteiger partial charge on any atom is 0.0755 e. The fourth-order valence-electron chi connectivity index (χ4n) is 1.88. The lowest BCUT2D eigenvalue weighted by Crippen LogP contribution is -2.17. The SMILES string of the molecule is CCCCCCCC(NC)c1cnccn1. The molecule has 1 N–H and O–H groups in total. The van der Waals surface area contributed by atoms with Crippen molar-refractivity contribution in [3.05, 3.63) is 24.3 Å². The summed E-state index contributed by atoms with van der Waals surface area (Å²) in [4.78, 5) is 8.45. The van der Waals surface area contributed by atoms with Gasteiger partial charge in [-0.05, 0) is 13.5 Å². The summed E-state index contributed by atoms with van der Waals surface area (Å²) in [6.07, 6.45) is 13.1. The number of nitrogens with one attached hydrogen (secondary N) is 1. The van der Waals surface area contributed by atoms with Gasteiger partial charge >= 0.3 is 0 Å². The van der Waals surface area contributed by atoms with Gasteiger partial charge in [0.05, 0.1) is 11.7 Å². The first-order chi connectivity index (χ1) is 7.88. The predicted octanol–water partition coefficient (Wildman–Crippen LogP) is 3.10. The molecule has 0 aliphatic heterocycles. The number of nitrogens with zero attached hydrogens (tertiary/aromatic N) is 2. The van der Waals surface area contributed by atoms with Crippen molar-refractivity contribution < 1.29 is 0 Å². The highest BCUT2D eigenvalue weighted by atomic mass is 14.9. The van der Waals surface area contributed by atoms with E-state index in [0.29, 0.717) is 6.04 Å². The number of aromatic nitrogens is 2. The van der Waals surface area contributed by atoms with Crippen molar-refractivity contribution in [3.63, 3.8) is 0 Å². The first-order valence-electron chi connectivity index (χ1n) is 6.31. The van der Waals surface area contributed by atoms with Crippen LogP contribution in [0.1, 0.15) is 57.2 Å². The van der Waals surface area contributed by atoms with Gasteiger partial charge in [-0.1, -0.05) is 39.0 Å². The average Bonchev–Trinajstić information content (AvgIpc) is 2.35. The Morgan fingerprint density at radius 1 is 1.19 bits per heavy atom. The molecule has 16 heavy (non-hydrogen) atoms. The highest BCUT2D eigenvalue weighted by molar-refractivity contribution is 5.01. The van der Waals surface area contributed by atoms with E-state index < -0.39 is 0 Å². The summed E-state index contributed by atoms with van der Waals surface area (Å²) in [5.74, 6) is 0. The average molecular weight is 221 g/mol. The van der Waals surface area contributed by atoms with Crippen LogP contribution in [0.2, 0.25) is 0 Å². The van der Waals surface area contributed by atoms with Crippen LogP contribution in [-0.4, -0.2) is 17.0 Å². The molecule has 0 spiro atoms. The third-order valence-corrected chi connectivity index (χ3v) is 2.88. The molecule has 3 nitrogen and oxygen atoms in total. The maximum absolute atomic E-state index is 4.34. The molecule has 1 rings (SSSR count). The van der Waals surface area contributed by atoms with Crippen molar-refractivity contribution in [1.29, 1.82) is 0 Å². The fourth-order valence-corrected chi connectivity index (χ4v) is 1.88. The molecule has 1 unspecified atom stereocenters. The molecule has 1 aromatic rings.